The normalized spacial score (nSPS) is 3.60. The van der Waals surface area contributed by atoms with E-state index in [9.17, 15) is 0 Å². The van der Waals surface area contributed by atoms with Crippen molar-refractivity contribution in [2.24, 2.45) is 0 Å². The van der Waals surface area contributed by atoms with Gasteiger partial charge < -0.3 is 0 Å². The van der Waals surface area contributed by atoms with Gasteiger partial charge in [-0.2, -0.15) is 0 Å². The van der Waals surface area contributed by atoms with Gasteiger partial charge in [0.1, 0.15) is 0 Å². The van der Waals surface area contributed by atoms with Crippen molar-refractivity contribution in [3.63, 3.8) is 0 Å². The molecule has 0 aliphatic rings. The molecule has 0 radical (unpaired) electrons. The van der Waals surface area contributed by atoms with E-state index in [-0.39, 0.29) is 36.5 Å². The molecule has 0 N–H and O–H groups in total. The molecule has 0 aromatic heterocycles. The van der Waals surface area contributed by atoms with Crippen LogP contribution in [0.3, 0.4) is 0 Å². The first-order chi connectivity index (χ1) is 1.41. The molecule has 0 aromatic rings. The van der Waals surface area contributed by atoms with Gasteiger partial charge in [0.05, 0.1) is 0 Å². The molecule has 0 amide bonds. The summed E-state index contributed by atoms with van der Waals surface area (Å²) in [5.74, 6) is 0. The van der Waals surface area contributed by atoms with Gasteiger partial charge in [0.15, 0.2) is 0 Å². The molecule has 5 heavy (non-hydrogen) atoms. The van der Waals surface area contributed by atoms with Crippen molar-refractivity contribution in [1.82, 2.24) is 0 Å². The Hall–Kier alpha value is 1.10. The predicted molar refractivity (Wildman–Crippen MR) is 26.3 cm³/mol. The second-order valence-corrected chi connectivity index (χ2v) is 0.707. The first-order valence-electron chi connectivity index (χ1n) is 1.41. The molecule has 0 aliphatic heterocycles. The van der Waals surface area contributed by atoms with Gasteiger partial charge in [0, 0.05) is 19.5 Å². The maximum absolute atomic E-state index is 2.12. The van der Waals surface area contributed by atoms with E-state index >= 15 is 0 Å². The van der Waals surface area contributed by atoms with E-state index < -0.39 is 0 Å². The Morgan fingerprint density at radius 1 is 1.20 bits per heavy atom. The molecule has 0 atom stereocenters. The van der Waals surface area contributed by atoms with Crippen LogP contribution in [0.4, 0.5) is 0 Å². The second kappa shape index (κ2) is 19.4. The van der Waals surface area contributed by atoms with Gasteiger partial charge in [-0.3, -0.25) is 0 Å². The van der Waals surface area contributed by atoms with Crippen LogP contribution in [0.25, 0.3) is 0 Å². The first-order valence-corrected chi connectivity index (χ1v) is 1.41. The molecule has 0 heterocycles. The molecule has 0 unspecified atom stereocenters. The van der Waals surface area contributed by atoms with Crippen LogP contribution in [0.1, 0.15) is 20.3 Å². The van der Waals surface area contributed by atoms with Crippen LogP contribution in [0.5, 0.6) is 0 Å². The first kappa shape index (κ1) is 16.5. The van der Waals surface area contributed by atoms with E-state index in [1.165, 1.54) is 6.42 Å². The summed E-state index contributed by atoms with van der Waals surface area (Å²) >= 11 is 0. The molecular formula is C3H9BrZn. The predicted octanol–water partition coefficient (Wildman–Crippen LogP) is 1.99. The number of hydrogen-bond donors (Lipinski definition) is 0. The van der Waals surface area contributed by atoms with Crippen molar-refractivity contribution in [2.45, 2.75) is 20.3 Å². The zero-order chi connectivity index (χ0) is 2.71. The van der Waals surface area contributed by atoms with E-state index in [0.717, 1.165) is 0 Å². The van der Waals surface area contributed by atoms with Crippen LogP contribution in [0.15, 0.2) is 0 Å². The van der Waals surface area contributed by atoms with Crippen LogP contribution < -0.4 is 0 Å². The summed E-state index contributed by atoms with van der Waals surface area (Å²) in [7, 11) is 0. The second-order valence-electron chi connectivity index (χ2n) is 0.707. The standard InChI is InChI=1S/C3H8.BrH.Zn/c1-3-2;;/h3H2,1-2H3;1H;. The third-order valence-electron chi connectivity index (χ3n) is 0. The molecule has 0 saturated carbocycles. The van der Waals surface area contributed by atoms with E-state index in [1.807, 2.05) is 0 Å². The Balaban J connectivity index is -0.0000000200. The van der Waals surface area contributed by atoms with Gasteiger partial charge in [0.2, 0.25) is 0 Å². The Kier molecular flexibility index (Phi) is 64.1. The van der Waals surface area contributed by atoms with Gasteiger partial charge >= 0.3 is 0 Å². The van der Waals surface area contributed by atoms with E-state index in [4.69, 9.17) is 0 Å². The summed E-state index contributed by atoms with van der Waals surface area (Å²) in [6, 6.07) is 0. The average molecular weight is 190 g/mol. The molecule has 0 spiro atoms. The molecule has 0 aromatic carbocycles. The molecular weight excluding hydrogens is 181 g/mol. The van der Waals surface area contributed by atoms with Gasteiger partial charge in [-0.05, 0) is 0 Å². The third-order valence-corrected chi connectivity index (χ3v) is 0. The van der Waals surface area contributed by atoms with Crippen LogP contribution in [0, 0.1) is 0 Å². The minimum atomic E-state index is 0. The van der Waals surface area contributed by atoms with Crippen molar-refractivity contribution >= 4 is 17.0 Å². The summed E-state index contributed by atoms with van der Waals surface area (Å²) in [6.45, 7) is 4.25. The van der Waals surface area contributed by atoms with Gasteiger partial charge in [-0.1, -0.05) is 20.3 Å². The molecule has 30 valence electrons. The Morgan fingerprint density at radius 2 is 1.20 bits per heavy atom. The van der Waals surface area contributed by atoms with Crippen LogP contribution >= 0.6 is 17.0 Å². The summed E-state index contributed by atoms with van der Waals surface area (Å²) < 4.78 is 0. The molecule has 0 nitrogen and oxygen atoms in total. The minimum absolute atomic E-state index is 0. The van der Waals surface area contributed by atoms with Crippen molar-refractivity contribution < 1.29 is 19.5 Å². The molecule has 0 aliphatic carbocycles. The quantitative estimate of drug-likeness (QED) is 0.513. The molecule has 2 heteroatoms. The fourth-order valence-electron chi connectivity index (χ4n) is 0. The number of hydrogen-bond acceptors (Lipinski definition) is 0. The monoisotopic (exact) mass is 188 g/mol. The summed E-state index contributed by atoms with van der Waals surface area (Å²) in [5.41, 5.74) is 0. The van der Waals surface area contributed by atoms with Crippen LogP contribution in [-0.2, 0) is 19.5 Å². The van der Waals surface area contributed by atoms with Gasteiger partial charge in [-0.15, -0.1) is 17.0 Å². The van der Waals surface area contributed by atoms with E-state index in [1.54, 1.807) is 0 Å². The Morgan fingerprint density at radius 3 is 1.20 bits per heavy atom. The van der Waals surface area contributed by atoms with E-state index in [2.05, 4.69) is 13.8 Å². The van der Waals surface area contributed by atoms with Gasteiger partial charge in [-0.25, -0.2) is 0 Å². The van der Waals surface area contributed by atoms with Crippen LogP contribution in [0.2, 0.25) is 0 Å². The smallest absolute Gasteiger partial charge is 0 e. The van der Waals surface area contributed by atoms with E-state index in [0.29, 0.717) is 0 Å². The summed E-state index contributed by atoms with van der Waals surface area (Å²) in [5, 5.41) is 0. The van der Waals surface area contributed by atoms with Crippen molar-refractivity contribution in [3.8, 4) is 0 Å². The van der Waals surface area contributed by atoms with Gasteiger partial charge in [0.25, 0.3) is 0 Å². The topological polar surface area (TPSA) is 0 Å². The van der Waals surface area contributed by atoms with Crippen molar-refractivity contribution in [2.75, 3.05) is 0 Å². The molecule has 0 rings (SSSR count). The average Bonchev–Trinajstić information content (AvgIpc) is 0.918. The number of rotatable bonds is 0. The maximum atomic E-state index is 2.12. The van der Waals surface area contributed by atoms with Crippen molar-refractivity contribution in [3.05, 3.63) is 0 Å². The minimum Gasteiger partial charge on any atom is -0.114 e. The Labute approximate surface area is 56.9 Å². The van der Waals surface area contributed by atoms with Crippen molar-refractivity contribution in [1.29, 1.82) is 0 Å². The largest absolute Gasteiger partial charge is 0.114 e. The fourth-order valence-corrected chi connectivity index (χ4v) is 0. The van der Waals surface area contributed by atoms with Crippen LogP contribution in [-0.4, -0.2) is 0 Å². The summed E-state index contributed by atoms with van der Waals surface area (Å²) in [6.07, 6.45) is 1.25. The zero-order valence-electron chi connectivity index (χ0n) is 3.82. The molecule has 0 fully saturated rings. The Bertz CT molecular complexity index is 6.85. The third kappa shape index (κ3) is 40.4. The SMILES string of the molecule is Br.CCC.[Zn]. The molecule has 0 saturated heterocycles. The summed E-state index contributed by atoms with van der Waals surface area (Å²) in [4.78, 5) is 0. The molecule has 0 bridgehead atoms. The fraction of sp³-hybridized carbons (Fsp3) is 1.00. The maximum Gasteiger partial charge on any atom is 0 e. The number of halogens is 1. The zero-order valence-corrected chi connectivity index (χ0v) is 8.50.